The molecule has 1 heterocycles. The number of anilines is 2. The molecule has 108 valence electrons. The molecule has 0 saturated carbocycles. The first-order valence-electron chi connectivity index (χ1n) is 6.65. The SMILES string of the molecule is CCCCOc1c(Cl)ncnc1Nc1ccc(C#N)cc1. The molecule has 1 N–H and O–H groups in total. The van der Waals surface area contributed by atoms with E-state index in [1.165, 1.54) is 6.33 Å². The molecule has 21 heavy (non-hydrogen) atoms. The number of aromatic nitrogens is 2. The first kappa shape index (κ1) is 15.1. The maximum atomic E-state index is 8.79. The van der Waals surface area contributed by atoms with E-state index < -0.39 is 0 Å². The number of nitrogens with zero attached hydrogens (tertiary/aromatic N) is 3. The Labute approximate surface area is 128 Å². The molecule has 0 unspecified atom stereocenters. The number of benzene rings is 1. The number of ether oxygens (including phenoxy) is 1. The molecule has 5 nitrogen and oxygen atoms in total. The zero-order chi connectivity index (χ0) is 15.1. The van der Waals surface area contributed by atoms with Gasteiger partial charge in [-0.3, -0.25) is 0 Å². The number of rotatable bonds is 6. The van der Waals surface area contributed by atoms with E-state index in [-0.39, 0.29) is 5.15 Å². The number of unbranched alkanes of at least 4 members (excludes halogenated alkanes) is 1. The summed E-state index contributed by atoms with van der Waals surface area (Å²) >= 11 is 6.06. The van der Waals surface area contributed by atoms with Crippen molar-refractivity contribution < 1.29 is 4.74 Å². The van der Waals surface area contributed by atoms with Gasteiger partial charge < -0.3 is 10.1 Å². The zero-order valence-corrected chi connectivity index (χ0v) is 12.4. The van der Waals surface area contributed by atoms with Gasteiger partial charge in [0.2, 0.25) is 0 Å². The highest BCUT2D eigenvalue weighted by Gasteiger charge is 2.11. The van der Waals surface area contributed by atoms with Crippen LogP contribution in [0.25, 0.3) is 0 Å². The Morgan fingerprint density at radius 3 is 2.71 bits per heavy atom. The average Bonchev–Trinajstić information content (AvgIpc) is 2.51. The maximum Gasteiger partial charge on any atom is 0.199 e. The molecule has 0 spiro atoms. The maximum absolute atomic E-state index is 8.79. The summed E-state index contributed by atoms with van der Waals surface area (Å²) in [6.45, 7) is 2.65. The van der Waals surface area contributed by atoms with Crippen LogP contribution in [0.1, 0.15) is 25.3 Å². The third kappa shape index (κ3) is 4.07. The fourth-order valence-corrected chi connectivity index (χ4v) is 1.84. The third-order valence-corrected chi connectivity index (χ3v) is 3.05. The Hall–Kier alpha value is -2.32. The van der Waals surface area contributed by atoms with Crippen molar-refractivity contribution >= 4 is 23.1 Å². The van der Waals surface area contributed by atoms with Crippen molar-refractivity contribution in [3.8, 4) is 11.8 Å². The highest BCUT2D eigenvalue weighted by Crippen LogP contribution is 2.31. The van der Waals surface area contributed by atoms with E-state index in [9.17, 15) is 0 Å². The molecule has 0 atom stereocenters. The van der Waals surface area contributed by atoms with Crippen LogP contribution in [0.2, 0.25) is 5.15 Å². The Kier molecular flexibility index (Phi) is 5.35. The largest absolute Gasteiger partial charge is 0.487 e. The quantitative estimate of drug-likeness (QED) is 0.647. The van der Waals surface area contributed by atoms with E-state index in [0.717, 1.165) is 18.5 Å². The van der Waals surface area contributed by atoms with E-state index in [0.29, 0.717) is 23.7 Å². The number of hydrogen-bond acceptors (Lipinski definition) is 5. The molecular formula is C15H15ClN4O. The normalized spacial score (nSPS) is 9.95. The predicted octanol–water partition coefficient (Wildman–Crippen LogP) is 3.92. The van der Waals surface area contributed by atoms with Crippen LogP contribution in [0.15, 0.2) is 30.6 Å². The van der Waals surface area contributed by atoms with Gasteiger partial charge >= 0.3 is 0 Å². The van der Waals surface area contributed by atoms with Gasteiger partial charge in [-0.25, -0.2) is 9.97 Å². The van der Waals surface area contributed by atoms with Crippen LogP contribution in [0.4, 0.5) is 11.5 Å². The van der Waals surface area contributed by atoms with Crippen LogP contribution in [0.5, 0.6) is 5.75 Å². The predicted molar refractivity (Wildman–Crippen MR) is 81.9 cm³/mol. The lowest BCUT2D eigenvalue weighted by molar-refractivity contribution is 0.309. The minimum absolute atomic E-state index is 0.275. The van der Waals surface area contributed by atoms with Crippen LogP contribution >= 0.6 is 11.6 Å². The van der Waals surface area contributed by atoms with Crippen molar-refractivity contribution in [3.05, 3.63) is 41.3 Å². The minimum Gasteiger partial charge on any atom is -0.487 e. The van der Waals surface area contributed by atoms with E-state index >= 15 is 0 Å². The van der Waals surface area contributed by atoms with Gasteiger partial charge in [-0.2, -0.15) is 5.26 Å². The molecule has 0 aliphatic heterocycles. The van der Waals surface area contributed by atoms with E-state index in [2.05, 4.69) is 28.3 Å². The van der Waals surface area contributed by atoms with Crippen molar-refractivity contribution in [2.45, 2.75) is 19.8 Å². The number of hydrogen-bond donors (Lipinski definition) is 1. The van der Waals surface area contributed by atoms with E-state index in [1.54, 1.807) is 24.3 Å². The van der Waals surface area contributed by atoms with Gasteiger partial charge in [0.05, 0.1) is 18.2 Å². The van der Waals surface area contributed by atoms with Crippen molar-refractivity contribution in [2.24, 2.45) is 0 Å². The molecule has 0 aliphatic rings. The van der Waals surface area contributed by atoms with Crippen LogP contribution in [-0.2, 0) is 0 Å². The van der Waals surface area contributed by atoms with E-state index in [4.69, 9.17) is 21.6 Å². The van der Waals surface area contributed by atoms with Crippen molar-refractivity contribution in [1.82, 2.24) is 9.97 Å². The van der Waals surface area contributed by atoms with Gasteiger partial charge in [0, 0.05) is 5.69 Å². The van der Waals surface area contributed by atoms with Crippen molar-refractivity contribution in [3.63, 3.8) is 0 Å². The Morgan fingerprint density at radius 2 is 2.05 bits per heavy atom. The van der Waals surface area contributed by atoms with Crippen LogP contribution < -0.4 is 10.1 Å². The summed E-state index contributed by atoms with van der Waals surface area (Å²) in [4.78, 5) is 8.09. The van der Waals surface area contributed by atoms with Crippen molar-refractivity contribution in [1.29, 1.82) is 5.26 Å². The fraction of sp³-hybridized carbons (Fsp3) is 0.267. The molecule has 0 radical (unpaired) electrons. The second-order valence-corrected chi connectivity index (χ2v) is 4.72. The standard InChI is InChI=1S/C15H15ClN4O/c1-2-3-8-21-13-14(16)18-10-19-15(13)20-12-6-4-11(9-17)5-7-12/h4-7,10H,2-3,8H2,1H3,(H,18,19,20). The summed E-state index contributed by atoms with van der Waals surface area (Å²) in [5.74, 6) is 0.952. The van der Waals surface area contributed by atoms with Gasteiger partial charge in [-0.15, -0.1) is 0 Å². The number of halogens is 1. The molecule has 1 aromatic heterocycles. The molecule has 0 bridgehead atoms. The molecule has 0 saturated heterocycles. The molecule has 0 aliphatic carbocycles. The third-order valence-electron chi connectivity index (χ3n) is 2.78. The summed E-state index contributed by atoms with van der Waals surface area (Å²) < 4.78 is 5.65. The summed E-state index contributed by atoms with van der Waals surface area (Å²) in [5, 5.41) is 12.2. The topological polar surface area (TPSA) is 70.8 Å². The smallest absolute Gasteiger partial charge is 0.199 e. The zero-order valence-electron chi connectivity index (χ0n) is 11.6. The van der Waals surface area contributed by atoms with Gasteiger partial charge in [0.1, 0.15) is 6.33 Å². The summed E-state index contributed by atoms with van der Waals surface area (Å²) in [7, 11) is 0. The minimum atomic E-state index is 0.275. The molecule has 1 aromatic carbocycles. The lowest BCUT2D eigenvalue weighted by Gasteiger charge is -2.12. The second kappa shape index (κ2) is 7.46. The number of nitriles is 1. The Balaban J connectivity index is 2.18. The lowest BCUT2D eigenvalue weighted by atomic mass is 10.2. The number of nitrogens with one attached hydrogen (secondary N) is 1. The average molecular weight is 303 g/mol. The van der Waals surface area contributed by atoms with Crippen molar-refractivity contribution in [2.75, 3.05) is 11.9 Å². The van der Waals surface area contributed by atoms with Gasteiger partial charge in [-0.05, 0) is 30.7 Å². The summed E-state index contributed by atoms with van der Waals surface area (Å²) in [6.07, 6.45) is 3.34. The first-order chi connectivity index (χ1) is 10.2. The Morgan fingerprint density at radius 1 is 1.29 bits per heavy atom. The highest BCUT2D eigenvalue weighted by molar-refractivity contribution is 6.31. The first-order valence-corrected chi connectivity index (χ1v) is 7.03. The molecule has 0 fully saturated rings. The molecule has 6 heteroatoms. The molecular weight excluding hydrogens is 288 g/mol. The molecule has 2 aromatic rings. The molecule has 0 amide bonds. The fourth-order valence-electron chi connectivity index (χ4n) is 1.65. The van der Waals surface area contributed by atoms with Crippen LogP contribution in [0.3, 0.4) is 0 Å². The van der Waals surface area contributed by atoms with Gasteiger partial charge in [0.15, 0.2) is 16.7 Å². The highest BCUT2D eigenvalue weighted by atomic mass is 35.5. The monoisotopic (exact) mass is 302 g/mol. The second-order valence-electron chi connectivity index (χ2n) is 4.36. The summed E-state index contributed by atoms with van der Waals surface area (Å²) in [5.41, 5.74) is 1.39. The van der Waals surface area contributed by atoms with Crippen LogP contribution in [-0.4, -0.2) is 16.6 Å². The van der Waals surface area contributed by atoms with Crippen LogP contribution in [0, 0.1) is 11.3 Å². The Bertz CT molecular complexity index is 637. The summed E-state index contributed by atoms with van der Waals surface area (Å²) in [6, 6.07) is 9.12. The molecule has 2 rings (SSSR count). The van der Waals surface area contributed by atoms with E-state index in [1.807, 2.05) is 0 Å². The van der Waals surface area contributed by atoms with Gasteiger partial charge in [-0.1, -0.05) is 24.9 Å². The lowest BCUT2D eigenvalue weighted by Crippen LogP contribution is -2.03. The van der Waals surface area contributed by atoms with Gasteiger partial charge in [0.25, 0.3) is 0 Å².